The third-order valence-corrected chi connectivity index (χ3v) is 3.23. The Morgan fingerprint density at radius 1 is 0.957 bits per heavy atom. The van der Waals surface area contributed by atoms with Crippen LogP contribution in [-0.2, 0) is 14.4 Å². The van der Waals surface area contributed by atoms with Gasteiger partial charge in [0, 0.05) is 0 Å². The molecule has 1 atom stereocenters. The van der Waals surface area contributed by atoms with Crippen molar-refractivity contribution in [2.24, 2.45) is 0 Å². The summed E-state index contributed by atoms with van der Waals surface area (Å²) in [7, 11) is 0. The molecule has 0 amide bonds. The monoisotopic (exact) mass is 318 g/mol. The molecule has 7 heteroatoms. The predicted molar refractivity (Wildman–Crippen MR) is 79.0 cm³/mol. The fourth-order valence-electron chi connectivity index (χ4n) is 2.10. The highest BCUT2D eigenvalue weighted by Gasteiger charge is 2.41. The van der Waals surface area contributed by atoms with Crippen LogP contribution in [0.25, 0.3) is 10.8 Å². The summed E-state index contributed by atoms with van der Waals surface area (Å²) in [4.78, 5) is 33.4. The standard InChI is InChI=1S/C16H14O7/c17-13(18)8-16(22,15(20)21)9-14(19)23-12-6-5-10-3-1-2-4-11(10)7-12/h1-7,22H,8-9H2,(H,17,18)(H,20,21). The number of aliphatic hydroxyl groups is 1. The molecule has 0 saturated heterocycles. The summed E-state index contributed by atoms with van der Waals surface area (Å²) in [5.74, 6) is -4.19. The lowest BCUT2D eigenvalue weighted by Gasteiger charge is -2.20. The largest absolute Gasteiger partial charge is 0.481 e. The molecule has 120 valence electrons. The number of esters is 1. The molecule has 0 bridgehead atoms. The Bertz CT molecular complexity index is 768. The van der Waals surface area contributed by atoms with Crippen LogP contribution in [0, 0.1) is 0 Å². The zero-order chi connectivity index (χ0) is 17.0. The van der Waals surface area contributed by atoms with Crippen LogP contribution < -0.4 is 4.74 Å². The summed E-state index contributed by atoms with van der Waals surface area (Å²) in [6.07, 6.45) is -2.07. The van der Waals surface area contributed by atoms with Crippen molar-refractivity contribution in [2.45, 2.75) is 18.4 Å². The number of aliphatic carboxylic acids is 2. The third kappa shape index (κ3) is 4.04. The Labute approximate surface area is 130 Å². The van der Waals surface area contributed by atoms with E-state index in [-0.39, 0.29) is 5.75 Å². The molecular formula is C16H14O7. The van der Waals surface area contributed by atoms with Gasteiger partial charge < -0.3 is 20.1 Å². The molecule has 0 spiro atoms. The van der Waals surface area contributed by atoms with Crippen molar-refractivity contribution in [3.05, 3.63) is 42.5 Å². The molecule has 1 unspecified atom stereocenters. The van der Waals surface area contributed by atoms with Crippen LogP contribution in [0.2, 0.25) is 0 Å². The maximum atomic E-state index is 11.8. The van der Waals surface area contributed by atoms with E-state index < -0.39 is 36.4 Å². The number of benzene rings is 2. The van der Waals surface area contributed by atoms with Gasteiger partial charge in [0.25, 0.3) is 0 Å². The average molecular weight is 318 g/mol. The normalized spacial score (nSPS) is 13.3. The van der Waals surface area contributed by atoms with Gasteiger partial charge in [-0.25, -0.2) is 4.79 Å². The number of hydrogen-bond acceptors (Lipinski definition) is 5. The first-order valence-corrected chi connectivity index (χ1v) is 6.67. The van der Waals surface area contributed by atoms with Crippen LogP contribution in [0.3, 0.4) is 0 Å². The SMILES string of the molecule is O=C(O)CC(O)(CC(=O)Oc1ccc2ccccc2c1)C(=O)O. The molecule has 0 aliphatic heterocycles. The summed E-state index contributed by atoms with van der Waals surface area (Å²) < 4.78 is 4.99. The first kappa shape index (κ1) is 16.4. The van der Waals surface area contributed by atoms with E-state index in [4.69, 9.17) is 14.9 Å². The number of carbonyl (C=O) groups excluding carboxylic acids is 1. The van der Waals surface area contributed by atoms with E-state index in [9.17, 15) is 19.5 Å². The van der Waals surface area contributed by atoms with Gasteiger partial charge in [-0.1, -0.05) is 30.3 Å². The number of fused-ring (bicyclic) bond motifs is 1. The van der Waals surface area contributed by atoms with E-state index >= 15 is 0 Å². The molecule has 2 aromatic carbocycles. The Morgan fingerprint density at radius 2 is 1.61 bits per heavy atom. The molecule has 7 nitrogen and oxygen atoms in total. The lowest BCUT2D eigenvalue weighted by molar-refractivity contribution is -0.169. The molecule has 0 aliphatic carbocycles. The maximum Gasteiger partial charge on any atom is 0.336 e. The van der Waals surface area contributed by atoms with E-state index in [1.807, 2.05) is 24.3 Å². The van der Waals surface area contributed by atoms with Crippen molar-refractivity contribution >= 4 is 28.7 Å². The maximum absolute atomic E-state index is 11.8. The van der Waals surface area contributed by atoms with E-state index in [0.29, 0.717) is 0 Å². The van der Waals surface area contributed by atoms with Crippen molar-refractivity contribution in [3.8, 4) is 5.75 Å². The summed E-state index contributed by atoms with van der Waals surface area (Å²) in [6.45, 7) is 0. The average Bonchev–Trinajstić information content (AvgIpc) is 2.45. The van der Waals surface area contributed by atoms with E-state index in [0.717, 1.165) is 10.8 Å². The van der Waals surface area contributed by atoms with Crippen LogP contribution in [0.5, 0.6) is 5.75 Å². The molecule has 0 aromatic heterocycles. The summed E-state index contributed by atoms with van der Waals surface area (Å²) >= 11 is 0. The van der Waals surface area contributed by atoms with Crippen LogP contribution in [0.15, 0.2) is 42.5 Å². The molecule has 0 aliphatic rings. The highest BCUT2D eigenvalue weighted by atomic mass is 16.5. The molecule has 2 rings (SSSR count). The fourth-order valence-corrected chi connectivity index (χ4v) is 2.10. The Balaban J connectivity index is 2.13. The van der Waals surface area contributed by atoms with Gasteiger partial charge in [0.05, 0.1) is 12.8 Å². The van der Waals surface area contributed by atoms with Crippen molar-refractivity contribution in [1.29, 1.82) is 0 Å². The highest BCUT2D eigenvalue weighted by molar-refractivity contribution is 5.89. The van der Waals surface area contributed by atoms with Crippen LogP contribution in [0.4, 0.5) is 0 Å². The first-order chi connectivity index (χ1) is 10.8. The lowest BCUT2D eigenvalue weighted by Crippen LogP contribution is -2.43. The summed E-state index contributed by atoms with van der Waals surface area (Å²) in [6, 6.07) is 12.2. The summed E-state index contributed by atoms with van der Waals surface area (Å²) in [5, 5.41) is 29.1. The van der Waals surface area contributed by atoms with Gasteiger partial charge in [-0.2, -0.15) is 0 Å². The second kappa shape index (κ2) is 6.45. The Kier molecular flexibility index (Phi) is 4.61. The molecule has 23 heavy (non-hydrogen) atoms. The number of rotatable bonds is 6. The van der Waals surface area contributed by atoms with E-state index in [1.165, 1.54) is 6.07 Å². The van der Waals surface area contributed by atoms with Crippen molar-refractivity contribution < 1.29 is 34.4 Å². The molecule has 3 N–H and O–H groups in total. The number of carboxylic acids is 2. The molecule has 2 aromatic rings. The van der Waals surface area contributed by atoms with Gasteiger partial charge in [-0.15, -0.1) is 0 Å². The zero-order valence-electron chi connectivity index (χ0n) is 11.9. The lowest BCUT2D eigenvalue weighted by atomic mass is 9.96. The van der Waals surface area contributed by atoms with Crippen LogP contribution in [0.1, 0.15) is 12.8 Å². The van der Waals surface area contributed by atoms with Crippen molar-refractivity contribution in [1.82, 2.24) is 0 Å². The number of carbonyl (C=O) groups is 3. The third-order valence-electron chi connectivity index (χ3n) is 3.23. The van der Waals surface area contributed by atoms with Gasteiger partial charge in [0.1, 0.15) is 5.75 Å². The summed E-state index contributed by atoms with van der Waals surface area (Å²) in [5.41, 5.74) is -2.71. The Hall–Kier alpha value is -2.93. The minimum absolute atomic E-state index is 0.178. The van der Waals surface area contributed by atoms with E-state index in [2.05, 4.69) is 0 Å². The van der Waals surface area contributed by atoms with Gasteiger partial charge in [0.15, 0.2) is 5.60 Å². The van der Waals surface area contributed by atoms with Gasteiger partial charge >= 0.3 is 17.9 Å². The molecule has 0 radical (unpaired) electrons. The second-order valence-electron chi connectivity index (χ2n) is 5.07. The van der Waals surface area contributed by atoms with E-state index in [1.54, 1.807) is 12.1 Å². The molecular weight excluding hydrogens is 304 g/mol. The van der Waals surface area contributed by atoms with Crippen LogP contribution >= 0.6 is 0 Å². The fraction of sp³-hybridized carbons (Fsp3) is 0.188. The molecule has 0 heterocycles. The minimum atomic E-state index is -2.71. The predicted octanol–water partition coefficient (Wildman–Crippen LogP) is 1.43. The second-order valence-corrected chi connectivity index (χ2v) is 5.07. The number of ether oxygens (including phenoxy) is 1. The molecule has 0 fully saturated rings. The van der Waals surface area contributed by atoms with Crippen molar-refractivity contribution in [3.63, 3.8) is 0 Å². The van der Waals surface area contributed by atoms with Gasteiger partial charge in [-0.05, 0) is 22.9 Å². The van der Waals surface area contributed by atoms with Gasteiger partial charge in [-0.3, -0.25) is 9.59 Å². The number of hydrogen-bond donors (Lipinski definition) is 3. The quantitative estimate of drug-likeness (QED) is 0.544. The highest BCUT2D eigenvalue weighted by Crippen LogP contribution is 2.23. The smallest absolute Gasteiger partial charge is 0.336 e. The van der Waals surface area contributed by atoms with Crippen molar-refractivity contribution in [2.75, 3.05) is 0 Å². The molecule has 0 saturated carbocycles. The minimum Gasteiger partial charge on any atom is -0.481 e. The first-order valence-electron chi connectivity index (χ1n) is 6.67. The topological polar surface area (TPSA) is 121 Å². The number of carboxylic acid groups (broad SMARTS) is 2. The Morgan fingerprint density at radius 3 is 2.22 bits per heavy atom. The zero-order valence-corrected chi connectivity index (χ0v) is 11.9. The van der Waals surface area contributed by atoms with Crippen LogP contribution in [-0.4, -0.2) is 38.8 Å². The van der Waals surface area contributed by atoms with Gasteiger partial charge in [0.2, 0.25) is 0 Å².